The molecule has 0 bridgehead atoms. The number of benzene rings is 1. The first-order chi connectivity index (χ1) is 5.86. The number of carbonyl (C=O) groups is 1. The van der Waals surface area contributed by atoms with Crippen LogP contribution in [0.2, 0.25) is 0 Å². The minimum atomic E-state index is -0.571. The van der Waals surface area contributed by atoms with Crippen LogP contribution < -0.4 is 16.1 Å². The first-order valence-corrected chi connectivity index (χ1v) is 3.40. The number of rotatable bonds is 1. The molecule has 1 aromatic carbocycles. The maximum Gasteiger partial charge on any atom is 0.449 e. The van der Waals surface area contributed by atoms with E-state index in [4.69, 9.17) is 0 Å². The van der Waals surface area contributed by atoms with Crippen molar-refractivity contribution in [3.63, 3.8) is 0 Å². The summed E-state index contributed by atoms with van der Waals surface area (Å²) in [6, 6.07) is 9.17. The molecule has 2 rings (SSSR count). The number of para-hydroxylation sites is 1. The van der Waals surface area contributed by atoms with Crippen LogP contribution in [0.4, 0.5) is 10.5 Å². The maximum atomic E-state index is 10.6. The van der Waals surface area contributed by atoms with Gasteiger partial charge in [0.25, 0.3) is 0 Å². The van der Waals surface area contributed by atoms with Gasteiger partial charge in [0, 0.05) is 0 Å². The number of hydrogen-bond donors (Lipinski definition) is 1. The summed E-state index contributed by atoms with van der Waals surface area (Å²) < 4.78 is 0. The number of carbonyl (C=O) groups excluding carboxylic acids is 1. The second-order valence-electron chi connectivity index (χ2n) is 2.22. The van der Waals surface area contributed by atoms with E-state index in [0.717, 1.165) is 5.69 Å². The monoisotopic (exact) mass is 164 g/mol. The topological polar surface area (TPSA) is 55.7 Å². The summed E-state index contributed by atoms with van der Waals surface area (Å²) >= 11 is 0. The highest BCUT2D eigenvalue weighted by Gasteiger charge is 2.21. The van der Waals surface area contributed by atoms with E-state index in [1.54, 1.807) is 12.1 Å². The van der Waals surface area contributed by atoms with Crippen LogP contribution in [-0.4, -0.2) is 6.09 Å². The molecule has 0 unspecified atom stereocenters. The standard InChI is InChI=1S/C7H6N3O2/c11-7-8-10(9-12-7)6-4-2-1-3-5-6/h1-5H,(H,8,11). The lowest BCUT2D eigenvalue weighted by molar-refractivity contribution is 0.123. The van der Waals surface area contributed by atoms with Gasteiger partial charge < -0.3 is 4.84 Å². The van der Waals surface area contributed by atoms with Crippen LogP contribution in [0.15, 0.2) is 30.3 Å². The Morgan fingerprint density at radius 3 is 2.67 bits per heavy atom. The Hall–Kier alpha value is -1.75. The SMILES string of the molecule is O=C1NN(c2ccccc2)[N]O1. The Morgan fingerprint density at radius 1 is 1.33 bits per heavy atom. The number of amides is 1. The van der Waals surface area contributed by atoms with E-state index in [1.807, 2.05) is 18.2 Å². The van der Waals surface area contributed by atoms with Gasteiger partial charge >= 0.3 is 6.09 Å². The van der Waals surface area contributed by atoms with Gasteiger partial charge in [0.15, 0.2) is 0 Å². The molecule has 5 nitrogen and oxygen atoms in total. The van der Waals surface area contributed by atoms with Gasteiger partial charge in [-0.05, 0) is 12.1 Å². The Kier molecular flexibility index (Phi) is 1.56. The Labute approximate surface area is 68.8 Å². The molecule has 0 spiro atoms. The van der Waals surface area contributed by atoms with Crippen molar-refractivity contribution in [1.82, 2.24) is 11.0 Å². The van der Waals surface area contributed by atoms with Crippen LogP contribution in [0, 0.1) is 0 Å². The third kappa shape index (κ3) is 1.17. The van der Waals surface area contributed by atoms with E-state index in [2.05, 4.69) is 15.9 Å². The summed E-state index contributed by atoms with van der Waals surface area (Å²) in [6.45, 7) is 0. The van der Waals surface area contributed by atoms with Crippen LogP contribution in [0.5, 0.6) is 0 Å². The zero-order valence-electron chi connectivity index (χ0n) is 6.10. The Bertz CT molecular complexity index is 288. The Balaban J connectivity index is 2.16. The predicted molar refractivity (Wildman–Crippen MR) is 40.7 cm³/mol. The molecule has 1 aliphatic heterocycles. The van der Waals surface area contributed by atoms with Crippen LogP contribution in [0.25, 0.3) is 0 Å². The maximum absolute atomic E-state index is 10.6. The molecule has 5 heteroatoms. The molecule has 0 aliphatic carbocycles. The van der Waals surface area contributed by atoms with Crippen LogP contribution in [-0.2, 0) is 4.84 Å². The number of anilines is 1. The third-order valence-corrected chi connectivity index (χ3v) is 1.40. The van der Waals surface area contributed by atoms with Crippen molar-refractivity contribution in [3.05, 3.63) is 30.3 Å². The van der Waals surface area contributed by atoms with E-state index in [1.165, 1.54) is 5.12 Å². The van der Waals surface area contributed by atoms with Crippen molar-refractivity contribution in [1.29, 1.82) is 0 Å². The van der Waals surface area contributed by atoms with Crippen molar-refractivity contribution < 1.29 is 9.63 Å². The number of hydrazine groups is 1. The van der Waals surface area contributed by atoms with E-state index in [9.17, 15) is 4.79 Å². The second-order valence-corrected chi connectivity index (χ2v) is 2.22. The molecular weight excluding hydrogens is 158 g/mol. The average molecular weight is 164 g/mol. The van der Waals surface area contributed by atoms with Gasteiger partial charge in [-0.15, -0.1) is 0 Å². The minimum Gasteiger partial charge on any atom is -0.307 e. The van der Waals surface area contributed by atoms with Crippen LogP contribution in [0.3, 0.4) is 0 Å². The molecule has 1 radical (unpaired) electrons. The molecule has 1 fully saturated rings. The highest BCUT2D eigenvalue weighted by Crippen LogP contribution is 2.11. The summed E-state index contributed by atoms with van der Waals surface area (Å²) in [7, 11) is 0. The van der Waals surface area contributed by atoms with Gasteiger partial charge in [0.2, 0.25) is 0 Å². The first kappa shape index (κ1) is 6.93. The second kappa shape index (κ2) is 2.71. The van der Waals surface area contributed by atoms with Crippen LogP contribution in [0.1, 0.15) is 0 Å². The number of hydrogen-bond acceptors (Lipinski definition) is 3. The number of nitrogens with one attached hydrogen (secondary N) is 1. The summed E-state index contributed by atoms with van der Waals surface area (Å²) in [4.78, 5) is 14.9. The summed E-state index contributed by atoms with van der Waals surface area (Å²) in [5, 5.41) is 1.27. The summed E-state index contributed by atoms with van der Waals surface area (Å²) in [6.07, 6.45) is -0.571. The molecular formula is C7H6N3O2. The van der Waals surface area contributed by atoms with Gasteiger partial charge in [-0.2, -0.15) is 5.12 Å². The lowest BCUT2D eigenvalue weighted by Gasteiger charge is -2.09. The molecule has 1 aliphatic rings. The molecule has 1 amide bonds. The molecule has 61 valence electrons. The molecule has 1 aromatic rings. The summed E-state index contributed by atoms with van der Waals surface area (Å²) in [5.74, 6) is 0. The molecule has 0 atom stereocenters. The fourth-order valence-electron chi connectivity index (χ4n) is 0.886. The average Bonchev–Trinajstić information content (AvgIpc) is 2.54. The zero-order chi connectivity index (χ0) is 8.39. The molecule has 0 aromatic heterocycles. The van der Waals surface area contributed by atoms with Crippen molar-refractivity contribution in [3.8, 4) is 0 Å². The van der Waals surface area contributed by atoms with E-state index >= 15 is 0 Å². The minimum absolute atomic E-state index is 0.571. The lowest BCUT2D eigenvalue weighted by atomic mass is 10.3. The van der Waals surface area contributed by atoms with Gasteiger partial charge in [-0.3, -0.25) is 0 Å². The van der Waals surface area contributed by atoms with Gasteiger partial charge in [0.1, 0.15) is 5.59 Å². The van der Waals surface area contributed by atoms with Gasteiger partial charge in [-0.1, -0.05) is 18.2 Å². The van der Waals surface area contributed by atoms with E-state index in [0.29, 0.717) is 0 Å². The normalized spacial score (nSPS) is 15.7. The highest BCUT2D eigenvalue weighted by atomic mass is 16.8. The van der Waals surface area contributed by atoms with Crippen molar-refractivity contribution >= 4 is 11.8 Å². The molecule has 1 heterocycles. The quantitative estimate of drug-likeness (QED) is 0.660. The Morgan fingerprint density at radius 2 is 2.08 bits per heavy atom. The van der Waals surface area contributed by atoms with E-state index < -0.39 is 6.09 Å². The van der Waals surface area contributed by atoms with E-state index in [-0.39, 0.29) is 0 Å². The van der Waals surface area contributed by atoms with Crippen molar-refractivity contribution in [2.75, 3.05) is 5.12 Å². The zero-order valence-corrected chi connectivity index (χ0v) is 6.10. The smallest absolute Gasteiger partial charge is 0.307 e. The highest BCUT2D eigenvalue weighted by molar-refractivity contribution is 5.71. The molecule has 0 saturated carbocycles. The fraction of sp³-hybridized carbons (Fsp3) is 0. The summed E-state index contributed by atoms with van der Waals surface area (Å²) in [5.41, 5.74) is 6.59. The fourth-order valence-corrected chi connectivity index (χ4v) is 0.886. The molecule has 1 N–H and O–H groups in total. The molecule has 1 saturated heterocycles. The first-order valence-electron chi connectivity index (χ1n) is 3.40. The lowest BCUT2D eigenvalue weighted by Crippen LogP contribution is -2.34. The van der Waals surface area contributed by atoms with Gasteiger partial charge in [-0.25, -0.2) is 10.2 Å². The third-order valence-electron chi connectivity index (χ3n) is 1.40. The van der Waals surface area contributed by atoms with Crippen molar-refractivity contribution in [2.24, 2.45) is 0 Å². The predicted octanol–water partition coefficient (Wildman–Crippen LogP) is 0.582. The molecule has 12 heavy (non-hydrogen) atoms. The largest absolute Gasteiger partial charge is 0.449 e. The van der Waals surface area contributed by atoms with Gasteiger partial charge in [0.05, 0.1) is 5.69 Å². The number of nitrogens with zero attached hydrogens (tertiary/aromatic N) is 2. The van der Waals surface area contributed by atoms with Crippen molar-refractivity contribution in [2.45, 2.75) is 0 Å². The van der Waals surface area contributed by atoms with Crippen LogP contribution >= 0.6 is 0 Å².